The van der Waals surface area contributed by atoms with Crippen molar-refractivity contribution in [3.63, 3.8) is 0 Å². The predicted molar refractivity (Wildman–Crippen MR) is 51.0 cm³/mol. The number of nitrogens with zero attached hydrogens (tertiary/aromatic N) is 2. The van der Waals surface area contributed by atoms with E-state index in [9.17, 15) is 13.2 Å². The highest BCUT2D eigenvalue weighted by atomic mass is 19.4. The number of nitrogens with two attached hydrogens (primary N) is 1. The van der Waals surface area contributed by atoms with E-state index in [1.807, 2.05) is 0 Å². The molecule has 0 amide bonds. The molecule has 2 N–H and O–H groups in total. The second kappa shape index (κ2) is 5.11. The minimum absolute atomic E-state index is 0.0757. The van der Waals surface area contributed by atoms with Crippen LogP contribution < -0.4 is 10.5 Å². The summed E-state index contributed by atoms with van der Waals surface area (Å²) in [5, 5.41) is 0. The average molecular weight is 235 g/mol. The van der Waals surface area contributed by atoms with Gasteiger partial charge in [0.2, 0.25) is 11.7 Å². The topological polar surface area (TPSA) is 61.0 Å². The van der Waals surface area contributed by atoms with Crippen molar-refractivity contribution < 1.29 is 17.9 Å². The quantitative estimate of drug-likeness (QED) is 0.856. The molecule has 4 nitrogen and oxygen atoms in total. The number of rotatable bonds is 4. The summed E-state index contributed by atoms with van der Waals surface area (Å²) in [6.45, 7) is 2.13. The Morgan fingerprint density at radius 1 is 1.38 bits per heavy atom. The number of aromatic nitrogens is 2. The van der Waals surface area contributed by atoms with Crippen LogP contribution in [0.3, 0.4) is 0 Å². The summed E-state index contributed by atoms with van der Waals surface area (Å²) >= 11 is 0. The van der Waals surface area contributed by atoms with Crippen LogP contribution in [-0.4, -0.2) is 23.1 Å². The van der Waals surface area contributed by atoms with Crippen molar-refractivity contribution in [3.05, 3.63) is 17.6 Å². The van der Waals surface area contributed by atoms with Crippen LogP contribution in [-0.2, 0) is 12.6 Å². The normalized spacial score (nSPS) is 11.6. The lowest BCUT2D eigenvalue weighted by Crippen LogP contribution is -2.15. The molecule has 16 heavy (non-hydrogen) atoms. The molecule has 0 radical (unpaired) electrons. The molecule has 0 spiro atoms. The third kappa shape index (κ3) is 3.34. The molecule has 0 bridgehead atoms. The summed E-state index contributed by atoms with van der Waals surface area (Å²) in [6, 6.07) is 1.37. The molecule has 0 saturated carbocycles. The summed E-state index contributed by atoms with van der Waals surface area (Å²) in [7, 11) is 0. The number of ether oxygens (including phenoxy) is 1. The van der Waals surface area contributed by atoms with Gasteiger partial charge in [-0.05, 0) is 13.5 Å². The lowest BCUT2D eigenvalue weighted by molar-refractivity contribution is -0.145. The largest absolute Gasteiger partial charge is 0.478 e. The summed E-state index contributed by atoms with van der Waals surface area (Å²) in [5.41, 5.74) is 5.49. The predicted octanol–water partition coefficient (Wildman–Crippen LogP) is 1.40. The van der Waals surface area contributed by atoms with Crippen LogP contribution in [0.25, 0.3) is 0 Å². The third-order valence-corrected chi connectivity index (χ3v) is 1.70. The molecule has 1 aromatic heterocycles. The Labute approximate surface area is 90.6 Å². The maximum absolute atomic E-state index is 12.4. The summed E-state index contributed by atoms with van der Waals surface area (Å²) in [5.74, 6) is -1.27. The summed E-state index contributed by atoms with van der Waals surface area (Å²) in [4.78, 5) is 6.66. The van der Waals surface area contributed by atoms with E-state index in [2.05, 4.69) is 9.97 Å². The number of halogens is 3. The van der Waals surface area contributed by atoms with E-state index in [-0.39, 0.29) is 31.1 Å². The summed E-state index contributed by atoms with van der Waals surface area (Å²) < 4.78 is 42.2. The average Bonchev–Trinajstić information content (AvgIpc) is 2.17. The fraction of sp³-hybridized carbons (Fsp3) is 0.556. The zero-order chi connectivity index (χ0) is 12.2. The molecule has 1 heterocycles. The van der Waals surface area contributed by atoms with Gasteiger partial charge in [-0.15, -0.1) is 0 Å². The van der Waals surface area contributed by atoms with Crippen LogP contribution in [0, 0.1) is 0 Å². The number of hydrogen-bond donors (Lipinski definition) is 1. The first-order chi connectivity index (χ1) is 7.47. The molecule has 0 fully saturated rings. The van der Waals surface area contributed by atoms with Crippen molar-refractivity contribution in [2.24, 2.45) is 5.73 Å². The molecule has 0 aliphatic heterocycles. The Balaban J connectivity index is 3.08. The molecule has 0 atom stereocenters. The molecule has 0 unspecified atom stereocenters. The van der Waals surface area contributed by atoms with Gasteiger partial charge in [0, 0.05) is 18.2 Å². The SMILES string of the molecule is CCOc1cc(CCN)nc(C(F)(F)F)n1. The second-order valence-corrected chi connectivity index (χ2v) is 2.99. The Kier molecular flexibility index (Phi) is 4.05. The second-order valence-electron chi connectivity index (χ2n) is 2.99. The van der Waals surface area contributed by atoms with Crippen LogP contribution >= 0.6 is 0 Å². The van der Waals surface area contributed by atoms with E-state index in [0.29, 0.717) is 0 Å². The number of hydrogen-bond acceptors (Lipinski definition) is 4. The van der Waals surface area contributed by atoms with E-state index < -0.39 is 12.0 Å². The zero-order valence-electron chi connectivity index (χ0n) is 8.71. The maximum Gasteiger partial charge on any atom is 0.451 e. The molecule has 1 rings (SSSR count). The first-order valence-corrected chi connectivity index (χ1v) is 4.75. The van der Waals surface area contributed by atoms with E-state index in [0.717, 1.165) is 0 Å². The van der Waals surface area contributed by atoms with Gasteiger partial charge in [-0.3, -0.25) is 0 Å². The Morgan fingerprint density at radius 3 is 2.56 bits per heavy atom. The van der Waals surface area contributed by atoms with Gasteiger partial charge in [0.05, 0.1) is 6.61 Å². The molecule has 0 aliphatic carbocycles. The van der Waals surface area contributed by atoms with Gasteiger partial charge in [0.15, 0.2) is 0 Å². The van der Waals surface area contributed by atoms with Gasteiger partial charge in [-0.1, -0.05) is 0 Å². The minimum atomic E-state index is -4.57. The molecular formula is C9H12F3N3O. The smallest absolute Gasteiger partial charge is 0.451 e. The standard InChI is InChI=1S/C9H12F3N3O/c1-2-16-7-5-6(3-4-13)14-8(15-7)9(10,11)12/h5H,2-4,13H2,1H3. The third-order valence-electron chi connectivity index (χ3n) is 1.70. The lowest BCUT2D eigenvalue weighted by atomic mass is 10.3. The Bertz CT molecular complexity index is 330. The van der Waals surface area contributed by atoms with Crippen molar-refractivity contribution in [1.29, 1.82) is 0 Å². The fourth-order valence-electron chi connectivity index (χ4n) is 1.10. The van der Waals surface area contributed by atoms with E-state index in [1.54, 1.807) is 6.92 Å². The first kappa shape index (κ1) is 12.7. The highest BCUT2D eigenvalue weighted by Gasteiger charge is 2.35. The molecule has 1 aromatic rings. The van der Waals surface area contributed by atoms with E-state index in [1.165, 1.54) is 6.07 Å². The molecule has 90 valence electrons. The Hall–Kier alpha value is -1.37. The molecule has 0 aromatic carbocycles. The first-order valence-electron chi connectivity index (χ1n) is 4.75. The van der Waals surface area contributed by atoms with Crippen LogP contribution in [0.1, 0.15) is 18.4 Å². The van der Waals surface area contributed by atoms with Crippen LogP contribution in [0.4, 0.5) is 13.2 Å². The van der Waals surface area contributed by atoms with Crippen molar-refractivity contribution in [3.8, 4) is 5.88 Å². The van der Waals surface area contributed by atoms with Gasteiger partial charge in [-0.25, -0.2) is 4.98 Å². The molecule has 7 heteroatoms. The van der Waals surface area contributed by atoms with Crippen molar-refractivity contribution in [2.45, 2.75) is 19.5 Å². The van der Waals surface area contributed by atoms with Gasteiger partial charge < -0.3 is 10.5 Å². The maximum atomic E-state index is 12.4. The Morgan fingerprint density at radius 2 is 2.06 bits per heavy atom. The van der Waals surface area contributed by atoms with Crippen molar-refractivity contribution in [1.82, 2.24) is 9.97 Å². The molecule has 0 aliphatic rings. The van der Waals surface area contributed by atoms with Gasteiger partial charge >= 0.3 is 6.18 Å². The van der Waals surface area contributed by atoms with Gasteiger partial charge in [-0.2, -0.15) is 18.2 Å². The minimum Gasteiger partial charge on any atom is -0.478 e. The van der Waals surface area contributed by atoms with Crippen molar-refractivity contribution in [2.75, 3.05) is 13.2 Å². The number of alkyl halides is 3. The lowest BCUT2D eigenvalue weighted by Gasteiger charge is -2.09. The molecular weight excluding hydrogens is 223 g/mol. The van der Waals surface area contributed by atoms with Crippen LogP contribution in [0.15, 0.2) is 6.07 Å². The van der Waals surface area contributed by atoms with E-state index >= 15 is 0 Å². The van der Waals surface area contributed by atoms with Crippen LogP contribution in [0.2, 0.25) is 0 Å². The molecule has 0 saturated heterocycles. The van der Waals surface area contributed by atoms with Crippen LogP contribution in [0.5, 0.6) is 5.88 Å². The highest BCUT2D eigenvalue weighted by Crippen LogP contribution is 2.27. The monoisotopic (exact) mass is 235 g/mol. The zero-order valence-corrected chi connectivity index (χ0v) is 8.71. The van der Waals surface area contributed by atoms with Crippen molar-refractivity contribution >= 4 is 0 Å². The van der Waals surface area contributed by atoms with Gasteiger partial charge in [0.25, 0.3) is 0 Å². The van der Waals surface area contributed by atoms with E-state index in [4.69, 9.17) is 10.5 Å². The fourth-order valence-corrected chi connectivity index (χ4v) is 1.10. The summed E-state index contributed by atoms with van der Waals surface area (Å²) in [6.07, 6.45) is -4.32. The van der Waals surface area contributed by atoms with Gasteiger partial charge in [0.1, 0.15) is 0 Å². The highest BCUT2D eigenvalue weighted by molar-refractivity contribution is 5.17.